The van der Waals surface area contributed by atoms with Crippen molar-refractivity contribution in [3.63, 3.8) is 0 Å². The predicted molar refractivity (Wildman–Crippen MR) is 89.1 cm³/mol. The Kier molecular flexibility index (Phi) is 4.45. The lowest BCUT2D eigenvalue weighted by molar-refractivity contribution is 0.0994. The molecule has 0 spiro atoms. The Morgan fingerprint density at radius 3 is 2.88 bits per heavy atom. The van der Waals surface area contributed by atoms with Crippen molar-refractivity contribution >= 4 is 0 Å². The molecule has 0 bridgehead atoms. The van der Waals surface area contributed by atoms with Crippen LogP contribution in [0.3, 0.4) is 0 Å². The van der Waals surface area contributed by atoms with Gasteiger partial charge in [-0.3, -0.25) is 4.90 Å². The minimum Gasteiger partial charge on any atom is -0.486 e. The largest absolute Gasteiger partial charge is 0.486 e. The molecule has 1 fully saturated rings. The standard InChI is InChI=1S/C19H23NO4/c21-16(17-4-2-8-22-17)12-15-3-1-7-20(15)13-14-5-6-18-19(11-14)24-10-9-23-18/h2,4-6,8,11,15-16,21H,1,3,7,9-10,12-13H2. The summed E-state index contributed by atoms with van der Waals surface area (Å²) in [5.41, 5.74) is 1.22. The maximum absolute atomic E-state index is 10.4. The van der Waals surface area contributed by atoms with E-state index < -0.39 is 6.10 Å². The number of aliphatic hydroxyl groups excluding tert-OH is 1. The molecule has 1 aromatic carbocycles. The minimum atomic E-state index is -0.536. The van der Waals surface area contributed by atoms with Crippen LogP contribution >= 0.6 is 0 Å². The van der Waals surface area contributed by atoms with Gasteiger partial charge in [-0.2, -0.15) is 0 Å². The van der Waals surface area contributed by atoms with Crippen molar-refractivity contribution in [1.29, 1.82) is 0 Å². The topological polar surface area (TPSA) is 55.1 Å². The number of hydrogen-bond acceptors (Lipinski definition) is 5. The molecule has 1 saturated heterocycles. The Morgan fingerprint density at radius 2 is 2.04 bits per heavy atom. The summed E-state index contributed by atoms with van der Waals surface area (Å²) in [6, 6.07) is 10.2. The van der Waals surface area contributed by atoms with Crippen LogP contribution in [0.4, 0.5) is 0 Å². The molecule has 0 amide bonds. The fourth-order valence-electron chi connectivity index (χ4n) is 3.65. The van der Waals surface area contributed by atoms with E-state index in [-0.39, 0.29) is 0 Å². The van der Waals surface area contributed by atoms with Gasteiger partial charge < -0.3 is 19.0 Å². The van der Waals surface area contributed by atoms with Gasteiger partial charge in [-0.25, -0.2) is 0 Å². The minimum absolute atomic E-state index is 0.373. The number of ether oxygens (including phenoxy) is 2. The molecule has 4 rings (SSSR count). The van der Waals surface area contributed by atoms with Crippen molar-refractivity contribution in [2.24, 2.45) is 0 Å². The van der Waals surface area contributed by atoms with Crippen LogP contribution in [0.25, 0.3) is 0 Å². The summed E-state index contributed by atoms with van der Waals surface area (Å²) >= 11 is 0. The third-order valence-corrected chi connectivity index (χ3v) is 4.86. The lowest BCUT2D eigenvalue weighted by Gasteiger charge is -2.26. The lowest BCUT2D eigenvalue weighted by atomic mass is 10.0. The monoisotopic (exact) mass is 329 g/mol. The van der Waals surface area contributed by atoms with Crippen molar-refractivity contribution in [3.05, 3.63) is 47.9 Å². The van der Waals surface area contributed by atoms with E-state index in [1.807, 2.05) is 18.2 Å². The summed E-state index contributed by atoms with van der Waals surface area (Å²) in [4.78, 5) is 2.44. The number of benzene rings is 1. The Hall–Kier alpha value is -1.98. The molecule has 128 valence electrons. The molecule has 2 aromatic rings. The summed E-state index contributed by atoms with van der Waals surface area (Å²) in [7, 11) is 0. The van der Waals surface area contributed by atoms with E-state index in [9.17, 15) is 5.11 Å². The van der Waals surface area contributed by atoms with Crippen LogP contribution in [0.1, 0.15) is 36.7 Å². The molecule has 0 saturated carbocycles. The van der Waals surface area contributed by atoms with Crippen LogP contribution in [0.5, 0.6) is 11.5 Å². The van der Waals surface area contributed by atoms with Crippen LogP contribution in [0.15, 0.2) is 41.0 Å². The summed E-state index contributed by atoms with van der Waals surface area (Å²) in [5.74, 6) is 2.32. The van der Waals surface area contributed by atoms with Gasteiger partial charge in [0, 0.05) is 12.6 Å². The number of rotatable bonds is 5. The van der Waals surface area contributed by atoms with E-state index in [2.05, 4.69) is 17.0 Å². The number of likely N-dealkylation sites (tertiary alicyclic amines) is 1. The molecular weight excluding hydrogens is 306 g/mol. The first-order valence-electron chi connectivity index (χ1n) is 8.63. The molecule has 2 atom stereocenters. The van der Waals surface area contributed by atoms with Gasteiger partial charge in [0.1, 0.15) is 25.1 Å². The second kappa shape index (κ2) is 6.87. The van der Waals surface area contributed by atoms with Crippen molar-refractivity contribution in [1.82, 2.24) is 4.90 Å². The number of aliphatic hydroxyl groups is 1. The van der Waals surface area contributed by atoms with Crippen LogP contribution in [-0.2, 0) is 6.54 Å². The number of hydrogen-bond donors (Lipinski definition) is 1. The molecule has 1 N–H and O–H groups in total. The Balaban J connectivity index is 1.41. The smallest absolute Gasteiger partial charge is 0.161 e. The van der Waals surface area contributed by atoms with Gasteiger partial charge in [-0.15, -0.1) is 0 Å². The lowest BCUT2D eigenvalue weighted by Crippen LogP contribution is -2.30. The molecule has 5 heteroatoms. The summed E-state index contributed by atoms with van der Waals surface area (Å²) in [5, 5.41) is 10.4. The first kappa shape index (κ1) is 15.5. The Bertz CT molecular complexity index is 670. The van der Waals surface area contributed by atoms with Gasteiger partial charge in [0.2, 0.25) is 0 Å². The third kappa shape index (κ3) is 3.28. The van der Waals surface area contributed by atoms with E-state index in [0.29, 0.717) is 31.4 Å². The average molecular weight is 329 g/mol. The van der Waals surface area contributed by atoms with Crippen molar-refractivity contribution in [2.45, 2.75) is 38.0 Å². The maximum atomic E-state index is 10.4. The highest BCUT2D eigenvalue weighted by molar-refractivity contribution is 5.43. The number of fused-ring (bicyclic) bond motifs is 1. The van der Waals surface area contributed by atoms with Crippen molar-refractivity contribution in [2.75, 3.05) is 19.8 Å². The zero-order valence-corrected chi connectivity index (χ0v) is 13.7. The fourth-order valence-corrected chi connectivity index (χ4v) is 3.65. The fraction of sp³-hybridized carbons (Fsp3) is 0.474. The normalized spacial score (nSPS) is 21.8. The van der Waals surface area contributed by atoms with Gasteiger partial charge in [0.15, 0.2) is 11.5 Å². The van der Waals surface area contributed by atoms with Gasteiger partial charge in [0.05, 0.1) is 6.26 Å². The molecule has 0 radical (unpaired) electrons. The van der Waals surface area contributed by atoms with E-state index in [0.717, 1.165) is 31.0 Å². The zero-order chi connectivity index (χ0) is 16.4. The van der Waals surface area contributed by atoms with E-state index in [4.69, 9.17) is 13.9 Å². The first-order chi connectivity index (χ1) is 11.8. The van der Waals surface area contributed by atoms with Crippen molar-refractivity contribution in [3.8, 4) is 11.5 Å². The molecule has 1 aromatic heterocycles. The highest BCUT2D eigenvalue weighted by Crippen LogP contribution is 2.33. The number of furan rings is 1. The summed E-state index contributed by atoms with van der Waals surface area (Å²) in [6.07, 6.45) is 4.06. The van der Waals surface area contributed by atoms with Crippen LogP contribution in [0, 0.1) is 0 Å². The van der Waals surface area contributed by atoms with Crippen LogP contribution in [-0.4, -0.2) is 35.8 Å². The molecule has 3 heterocycles. The molecule has 2 unspecified atom stereocenters. The summed E-state index contributed by atoms with van der Waals surface area (Å²) in [6.45, 7) is 3.15. The number of nitrogens with zero attached hydrogens (tertiary/aromatic N) is 1. The maximum Gasteiger partial charge on any atom is 0.161 e. The van der Waals surface area contributed by atoms with Crippen LogP contribution < -0.4 is 9.47 Å². The first-order valence-corrected chi connectivity index (χ1v) is 8.63. The highest BCUT2D eigenvalue weighted by atomic mass is 16.6. The molecule has 0 aliphatic carbocycles. The van der Waals surface area contributed by atoms with E-state index >= 15 is 0 Å². The second-order valence-corrected chi connectivity index (χ2v) is 6.51. The SMILES string of the molecule is OC(CC1CCCN1Cc1ccc2c(c1)OCCO2)c1ccco1. The van der Waals surface area contributed by atoms with Gasteiger partial charge in [0.25, 0.3) is 0 Å². The van der Waals surface area contributed by atoms with Gasteiger partial charge >= 0.3 is 0 Å². The average Bonchev–Trinajstić information content (AvgIpc) is 3.27. The van der Waals surface area contributed by atoms with Gasteiger partial charge in [-0.05, 0) is 55.6 Å². The third-order valence-electron chi connectivity index (χ3n) is 4.86. The van der Waals surface area contributed by atoms with Gasteiger partial charge in [-0.1, -0.05) is 6.07 Å². The molecule has 2 aliphatic heterocycles. The molecule has 24 heavy (non-hydrogen) atoms. The summed E-state index contributed by atoms with van der Waals surface area (Å²) < 4.78 is 16.6. The molecule has 2 aliphatic rings. The molecule has 5 nitrogen and oxygen atoms in total. The molecular formula is C19H23NO4. The van der Waals surface area contributed by atoms with Crippen LogP contribution in [0.2, 0.25) is 0 Å². The Labute approximate surface area is 141 Å². The van der Waals surface area contributed by atoms with E-state index in [1.165, 1.54) is 12.0 Å². The predicted octanol–water partition coefficient (Wildman–Crippen LogP) is 3.14. The second-order valence-electron chi connectivity index (χ2n) is 6.51. The Morgan fingerprint density at radius 1 is 1.17 bits per heavy atom. The quantitative estimate of drug-likeness (QED) is 0.913. The van der Waals surface area contributed by atoms with Crippen molar-refractivity contribution < 1.29 is 19.0 Å². The zero-order valence-electron chi connectivity index (χ0n) is 13.7. The highest BCUT2D eigenvalue weighted by Gasteiger charge is 2.28. The van der Waals surface area contributed by atoms with E-state index in [1.54, 1.807) is 6.26 Å².